The molecule has 3 amide bonds. The van der Waals surface area contributed by atoms with Crippen LogP contribution in [-0.4, -0.2) is 98.6 Å². The third-order valence-corrected chi connectivity index (χ3v) is 5.17. The molecule has 2 rings (SSSR count). The van der Waals surface area contributed by atoms with Crippen LogP contribution in [0.3, 0.4) is 0 Å². The molecule has 0 aromatic carbocycles. The topological polar surface area (TPSA) is 191 Å². The van der Waals surface area contributed by atoms with Gasteiger partial charge in [0.1, 0.15) is 24.2 Å². The molecule has 2 heterocycles. The Balaban J connectivity index is 2.16. The molecule has 0 aromatic heterocycles. The number of nitrogens with one attached hydrogen (secondary N) is 1. The summed E-state index contributed by atoms with van der Waals surface area (Å²) in [5, 5.41) is 29.6. The van der Waals surface area contributed by atoms with E-state index in [-0.39, 0.29) is 13.1 Å². The Morgan fingerprint density at radius 1 is 1.00 bits per heavy atom. The van der Waals surface area contributed by atoms with Crippen molar-refractivity contribution in [2.24, 2.45) is 5.73 Å². The zero-order chi connectivity index (χ0) is 21.7. The Hall–Kier alpha value is -2.73. The highest BCUT2D eigenvalue weighted by molar-refractivity contribution is 5.96. The van der Waals surface area contributed by atoms with Crippen LogP contribution in [0, 0.1) is 0 Å². The van der Waals surface area contributed by atoms with Crippen LogP contribution in [0.2, 0.25) is 0 Å². The standard InChI is InChI=1S/C17H26N4O8/c18-9(8-22)14(25)19-10(7-13(23)24)15(26)20-5-1-3-11(20)16(27)21-6-2-4-12(21)17(28)29/h9-12,22H,1-8,18H2,(H,19,25)(H,23,24)(H,28,29). The fraction of sp³-hybridized carbons (Fsp3) is 0.706. The summed E-state index contributed by atoms with van der Waals surface area (Å²) in [6, 6.07) is -4.64. The molecule has 2 aliphatic rings. The van der Waals surface area contributed by atoms with E-state index in [0.717, 1.165) is 0 Å². The van der Waals surface area contributed by atoms with Crippen LogP contribution >= 0.6 is 0 Å². The highest BCUT2D eigenvalue weighted by Gasteiger charge is 2.43. The van der Waals surface area contributed by atoms with E-state index < -0.39 is 66.9 Å². The molecule has 0 spiro atoms. The summed E-state index contributed by atoms with van der Waals surface area (Å²) in [6.45, 7) is -0.232. The molecular formula is C17H26N4O8. The molecule has 4 atom stereocenters. The highest BCUT2D eigenvalue weighted by Crippen LogP contribution is 2.25. The number of aliphatic hydroxyl groups excluding tert-OH is 1. The van der Waals surface area contributed by atoms with Gasteiger partial charge in [0.25, 0.3) is 0 Å². The first-order valence-corrected chi connectivity index (χ1v) is 9.39. The largest absolute Gasteiger partial charge is 0.481 e. The van der Waals surface area contributed by atoms with Crippen molar-refractivity contribution in [3.8, 4) is 0 Å². The summed E-state index contributed by atoms with van der Waals surface area (Å²) >= 11 is 0. The SMILES string of the molecule is NC(CO)C(=O)NC(CC(=O)O)C(=O)N1CCCC1C(=O)N1CCCC1C(=O)O. The Kier molecular flexibility index (Phi) is 7.51. The minimum Gasteiger partial charge on any atom is -0.481 e. The van der Waals surface area contributed by atoms with Gasteiger partial charge in [-0.2, -0.15) is 0 Å². The number of amides is 3. The number of nitrogens with two attached hydrogens (primary N) is 1. The van der Waals surface area contributed by atoms with Gasteiger partial charge in [-0.1, -0.05) is 0 Å². The van der Waals surface area contributed by atoms with Crippen molar-refractivity contribution in [2.75, 3.05) is 19.7 Å². The first kappa shape index (κ1) is 22.6. The summed E-state index contributed by atoms with van der Waals surface area (Å²) in [5.74, 6) is -4.59. The number of hydrogen-bond acceptors (Lipinski definition) is 7. The maximum Gasteiger partial charge on any atom is 0.326 e. The third kappa shape index (κ3) is 5.21. The molecule has 162 valence electrons. The van der Waals surface area contributed by atoms with Crippen LogP contribution in [0.15, 0.2) is 0 Å². The Morgan fingerprint density at radius 3 is 2.14 bits per heavy atom. The Labute approximate surface area is 166 Å². The van der Waals surface area contributed by atoms with Gasteiger partial charge >= 0.3 is 11.9 Å². The van der Waals surface area contributed by atoms with Crippen LogP contribution < -0.4 is 11.1 Å². The lowest BCUT2D eigenvalue weighted by Crippen LogP contribution is -2.57. The fourth-order valence-corrected chi connectivity index (χ4v) is 3.70. The summed E-state index contributed by atoms with van der Waals surface area (Å²) < 4.78 is 0. The Bertz CT molecular complexity index is 684. The quantitative estimate of drug-likeness (QED) is 0.282. The second-order valence-corrected chi connectivity index (χ2v) is 7.17. The summed E-state index contributed by atoms with van der Waals surface area (Å²) in [7, 11) is 0. The maximum atomic E-state index is 12.9. The molecular weight excluding hydrogens is 388 g/mol. The zero-order valence-corrected chi connectivity index (χ0v) is 15.8. The number of hydrogen-bond donors (Lipinski definition) is 5. The normalized spacial score (nSPS) is 23.5. The van der Waals surface area contributed by atoms with Crippen molar-refractivity contribution in [2.45, 2.75) is 56.3 Å². The third-order valence-electron chi connectivity index (χ3n) is 5.17. The molecule has 6 N–H and O–H groups in total. The first-order chi connectivity index (χ1) is 13.7. The van der Waals surface area contributed by atoms with Crippen LogP contribution in [-0.2, 0) is 24.0 Å². The van der Waals surface area contributed by atoms with E-state index in [2.05, 4.69) is 5.32 Å². The van der Waals surface area contributed by atoms with Gasteiger partial charge in [0.2, 0.25) is 17.7 Å². The van der Waals surface area contributed by atoms with E-state index >= 15 is 0 Å². The lowest BCUT2D eigenvalue weighted by atomic mass is 10.1. The van der Waals surface area contributed by atoms with Gasteiger partial charge in [-0.05, 0) is 25.7 Å². The molecule has 29 heavy (non-hydrogen) atoms. The summed E-state index contributed by atoms with van der Waals surface area (Å²) in [5.41, 5.74) is 5.40. The van der Waals surface area contributed by atoms with E-state index in [9.17, 15) is 29.1 Å². The average molecular weight is 414 g/mol. The van der Waals surface area contributed by atoms with Crippen molar-refractivity contribution < 1.29 is 39.3 Å². The summed E-state index contributed by atoms with van der Waals surface area (Å²) in [4.78, 5) is 62.7. The number of nitrogens with zero attached hydrogens (tertiary/aromatic N) is 2. The number of likely N-dealkylation sites (tertiary alicyclic amines) is 2. The Morgan fingerprint density at radius 2 is 1.59 bits per heavy atom. The predicted octanol–water partition coefficient (Wildman–Crippen LogP) is -2.67. The van der Waals surface area contributed by atoms with Crippen LogP contribution in [0.5, 0.6) is 0 Å². The van der Waals surface area contributed by atoms with Gasteiger partial charge in [-0.15, -0.1) is 0 Å². The van der Waals surface area contributed by atoms with E-state index in [1.54, 1.807) is 0 Å². The van der Waals surface area contributed by atoms with Crippen LogP contribution in [0.25, 0.3) is 0 Å². The van der Waals surface area contributed by atoms with Gasteiger partial charge in [-0.25, -0.2) is 4.79 Å². The van der Waals surface area contributed by atoms with Crippen LogP contribution in [0.1, 0.15) is 32.1 Å². The second-order valence-electron chi connectivity index (χ2n) is 7.17. The number of carboxylic acids is 2. The molecule has 2 fully saturated rings. The molecule has 12 nitrogen and oxygen atoms in total. The van der Waals surface area contributed by atoms with Gasteiger partial charge < -0.3 is 36.2 Å². The van der Waals surface area contributed by atoms with Gasteiger partial charge in [0.15, 0.2) is 0 Å². The monoisotopic (exact) mass is 414 g/mol. The predicted molar refractivity (Wildman–Crippen MR) is 96.4 cm³/mol. The minimum absolute atomic E-state index is 0.179. The molecule has 12 heteroatoms. The molecule has 0 aromatic rings. The van der Waals surface area contributed by atoms with Gasteiger partial charge in [0.05, 0.1) is 13.0 Å². The number of carbonyl (C=O) groups is 5. The fourth-order valence-electron chi connectivity index (χ4n) is 3.70. The van der Waals surface area contributed by atoms with E-state index in [1.807, 2.05) is 0 Å². The number of carboxylic acid groups (broad SMARTS) is 2. The van der Waals surface area contributed by atoms with Crippen molar-refractivity contribution >= 4 is 29.7 Å². The van der Waals surface area contributed by atoms with Gasteiger partial charge in [-0.3, -0.25) is 19.2 Å². The molecule has 2 saturated heterocycles. The molecule has 0 saturated carbocycles. The first-order valence-electron chi connectivity index (χ1n) is 9.39. The molecule has 4 unspecified atom stereocenters. The van der Waals surface area contributed by atoms with Crippen molar-refractivity contribution in [3.05, 3.63) is 0 Å². The molecule has 0 radical (unpaired) electrons. The van der Waals surface area contributed by atoms with Crippen LogP contribution in [0.4, 0.5) is 0 Å². The average Bonchev–Trinajstić information content (AvgIpc) is 3.34. The minimum atomic E-state index is -1.46. The summed E-state index contributed by atoms with van der Waals surface area (Å²) in [6.07, 6.45) is 0.953. The smallest absolute Gasteiger partial charge is 0.326 e. The molecule has 0 bridgehead atoms. The van der Waals surface area contributed by atoms with Gasteiger partial charge in [0, 0.05) is 13.1 Å². The second kappa shape index (κ2) is 9.65. The molecule has 2 aliphatic heterocycles. The van der Waals surface area contributed by atoms with E-state index in [4.69, 9.17) is 15.9 Å². The number of aliphatic carboxylic acids is 2. The van der Waals surface area contributed by atoms with E-state index in [0.29, 0.717) is 25.7 Å². The number of aliphatic hydroxyl groups is 1. The molecule has 0 aliphatic carbocycles. The van der Waals surface area contributed by atoms with Crippen molar-refractivity contribution in [1.29, 1.82) is 0 Å². The zero-order valence-electron chi connectivity index (χ0n) is 15.8. The lowest BCUT2D eigenvalue weighted by Gasteiger charge is -2.32. The maximum absolute atomic E-state index is 12.9. The number of carbonyl (C=O) groups excluding carboxylic acids is 3. The number of rotatable bonds is 8. The van der Waals surface area contributed by atoms with Crippen molar-refractivity contribution in [3.63, 3.8) is 0 Å². The van der Waals surface area contributed by atoms with E-state index in [1.165, 1.54) is 9.80 Å². The van der Waals surface area contributed by atoms with Crippen molar-refractivity contribution in [1.82, 2.24) is 15.1 Å². The highest BCUT2D eigenvalue weighted by atomic mass is 16.4. The lowest BCUT2D eigenvalue weighted by molar-refractivity contribution is -0.153.